The van der Waals surface area contributed by atoms with E-state index < -0.39 is 0 Å². The number of aromatic nitrogens is 3. The molecule has 0 unspecified atom stereocenters. The molecule has 0 atom stereocenters. The van der Waals surface area contributed by atoms with Crippen molar-refractivity contribution in [3.8, 4) is 0 Å². The van der Waals surface area contributed by atoms with Crippen LogP contribution in [0.1, 0.15) is 36.8 Å². The monoisotopic (exact) mass is 395 g/mol. The number of carbonyl (C=O) groups is 1. The van der Waals surface area contributed by atoms with Gasteiger partial charge in [0.15, 0.2) is 0 Å². The minimum Gasteiger partial charge on any atom is -0.336 e. The summed E-state index contributed by atoms with van der Waals surface area (Å²) in [7, 11) is 0. The molecule has 0 N–H and O–H groups in total. The predicted octanol–water partition coefficient (Wildman–Crippen LogP) is 3.30. The summed E-state index contributed by atoms with van der Waals surface area (Å²) < 4.78 is 1.88. The molecule has 0 aliphatic carbocycles. The highest BCUT2D eigenvalue weighted by Crippen LogP contribution is 2.27. The van der Waals surface area contributed by atoms with Crippen LogP contribution < -0.4 is 0 Å². The van der Waals surface area contributed by atoms with Gasteiger partial charge in [0.2, 0.25) is 0 Å². The van der Waals surface area contributed by atoms with Crippen LogP contribution in [0.5, 0.6) is 0 Å². The molecule has 8 heteroatoms. The first-order chi connectivity index (χ1) is 12.3. The molecule has 2 aromatic rings. The van der Waals surface area contributed by atoms with Crippen molar-refractivity contribution < 1.29 is 4.79 Å². The van der Waals surface area contributed by atoms with Gasteiger partial charge in [0.1, 0.15) is 0 Å². The summed E-state index contributed by atoms with van der Waals surface area (Å²) in [5, 5.41) is 9.18. The van der Waals surface area contributed by atoms with Crippen LogP contribution in [0.15, 0.2) is 24.4 Å². The molecule has 1 amide bonds. The van der Waals surface area contributed by atoms with Gasteiger partial charge in [0, 0.05) is 32.7 Å². The first kappa shape index (κ1) is 19.1. The van der Waals surface area contributed by atoms with Crippen molar-refractivity contribution in [2.75, 3.05) is 26.2 Å². The van der Waals surface area contributed by atoms with Gasteiger partial charge in [-0.25, -0.2) is 4.68 Å². The van der Waals surface area contributed by atoms with Gasteiger partial charge in [-0.15, -0.1) is 5.10 Å². The Hall–Kier alpha value is -1.63. The standard InChI is InChI=1S/C18H23Cl2N5O/c1-18(2,3)25-12-13(21-22-25)11-23-7-9-24(10-8-23)17(26)14-5-4-6-15(19)16(14)20/h4-6,12H,7-11H2,1-3H3. The molecular weight excluding hydrogens is 373 g/mol. The van der Waals surface area contributed by atoms with E-state index in [0.717, 1.165) is 25.3 Å². The molecule has 0 spiro atoms. The van der Waals surface area contributed by atoms with Gasteiger partial charge in [0.05, 0.1) is 33.0 Å². The number of carbonyl (C=O) groups excluding carboxylic acids is 1. The Balaban J connectivity index is 1.58. The minimum absolute atomic E-state index is 0.0733. The first-order valence-electron chi connectivity index (χ1n) is 8.63. The lowest BCUT2D eigenvalue weighted by atomic mass is 10.1. The average Bonchev–Trinajstić information content (AvgIpc) is 3.06. The SMILES string of the molecule is CC(C)(C)n1cc(CN2CCN(C(=O)c3cccc(Cl)c3Cl)CC2)nn1. The Bertz CT molecular complexity index is 791. The van der Waals surface area contributed by atoms with E-state index >= 15 is 0 Å². The average molecular weight is 396 g/mol. The molecule has 1 aliphatic rings. The molecule has 2 heterocycles. The molecule has 3 rings (SSSR count). The van der Waals surface area contributed by atoms with Crippen molar-refractivity contribution in [1.82, 2.24) is 24.8 Å². The zero-order valence-electron chi connectivity index (χ0n) is 15.2. The van der Waals surface area contributed by atoms with E-state index in [0.29, 0.717) is 28.7 Å². The van der Waals surface area contributed by atoms with Crippen LogP contribution in [0.2, 0.25) is 10.0 Å². The largest absolute Gasteiger partial charge is 0.336 e. The first-order valence-corrected chi connectivity index (χ1v) is 9.38. The Morgan fingerprint density at radius 2 is 1.85 bits per heavy atom. The molecule has 1 saturated heterocycles. The second kappa shape index (κ2) is 7.55. The Labute approximate surface area is 163 Å². The number of benzene rings is 1. The molecule has 0 radical (unpaired) electrons. The van der Waals surface area contributed by atoms with E-state index in [2.05, 4.69) is 36.0 Å². The van der Waals surface area contributed by atoms with E-state index in [-0.39, 0.29) is 11.4 Å². The Morgan fingerprint density at radius 1 is 1.15 bits per heavy atom. The Kier molecular flexibility index (Phi) is 5.55. The number of rotatable bonds is 3. The highest BCUT2D eigenvalue weighted by atomic mass is 35.5. The molecule has 1 fully saturated rings. The van der Waals surface area contributed by atoms with Gasteiger partial charge in [-0.2, -0.15) is 0 Å². The number of halogens is 2. The van der Waals surface area contributed by atoms with Crippen molar-refractivity contribution in [1.29, 1.82) is 0 Å². The number of hydrogen-bond acceptors (Lipinski definition) is 4. The normalized spacial score (nSPS) is 16.1. The van der Waals surface area contributed by atoms with Crippen LogP contribution in [0.3, 0.4) is 0 Å². The van der Waals surface area contributed by atoms with Gasteiger partial charge in [-0.05, 0) is 32.9 Å². The van der Waals surface area contributed by atoms with Crippen molar-refractivity contribution >= 4 is 29.1 Å². The van der Waals surface area contributed by atoms with Crippen LogP contribution in [0.25, 0.3) is 0 Å². The Morgan fingerprint density at radius 3 is 2.46 bits per heavy atom. The lowest BCUT2D eigenvalue weighted by Gasteiger charge is -2.34. The lowest BCUT2D eigenvalue weighted by Crippen LogP contribution is -2.48. The fourth-order valence-electron chi connectivity index (χ4n) is 2.88. The summed E-state index contributed by atoms with van der Waals surface area (Å²) in [6.45, 7) is 9.88. The van der Waals surface area contributed by atoms with Crippen LogP contribution >= 0.6 is 23.2 Å². The van der Waals surface area contributed by atoms with Crippen LogP contribution in [-0.2, 0) is 12.1 Å². The van der Waals surface area contributed by atoms with E-state index in [1.807, 2.05) is 15.8 Å². The van der Waals surface area contributed by atoms with Crippen LogP contribution in [0.4, 0.5) is 0 Å². The molecule has 140 valence electrons. The predicted molar refractivity (Wildman–Crippen MR) is 103 cm³/mol. The number of amides is 1. The van der Waals surface area contributed by atoms with Crippen molar-refractivity contribution in [2.45, 2.75) is 32.9 Å². The van der Waals surface area contributed by atoms with Gasteiger partial charge < -0.3 is 4.90 Å². The summed E-state index contributed by atoms with van der Waals surface area (Å²) in [6, 6.07) is 5.15. The van der Waals surface area contributed by atoms with Crippen molar-refractivity contribution in [3.05, 3.63) is 45.7 Å². The molecule has 1 aromatic heterocycles. The summed E-state index contributed by atoms with van der Waals surface area (Å²) in [5.41, 5.74) is 1.32. The van der Waals surface area contributed by atoms with E-state index in [4.69, 9.17) is 23.2 Å². The molecule has 1 aromatic carbocycles. The lowest BCUT2D eigenvalue weighted by molar-refractivity contribution is 0.0627. The summed E-state index contributed by atoms with van der Waals surface area (Å²) in [5.74, 6) is -0.0733. The third kappa shape index (κ3) is 4.19. The fraction of sp³-hybridized carbons (Fsp3) is 0.500. The zero-order valence-corrected chi connectivity index (χ0v) is 16.8. The maximum Gasteiger partial charge on any atom is 0.255 e. The second-order valence-electron chi connectivity index (χ2n) is 7.49. The van der Waals surface area contributed by atoms with E-state index in [9.17, 15) is 4.79 Å². The molecule has 1 aliphatic heterocycles. The highest BCUT2D eigenvalue weighted by Gasteiger charge is 2.25. The maximum absolute atomic E-state index is 12.7. The second-order valence-corrected chi connectivity index (χ2v) is 8.28. The van der Waals surface area contributed by atoms with Gasteiger partial charge in [-0.3, -0.25) is 9.69 Å². The van der Waals surface area contributed by atoms with Gasteiger partial charge >= 0.3 is 0 Å². The number of piperazine rings is 1. The van der Waals surface area contributed by atoms with E-state index in [1.54, 1.807) is 18.2 Å². The minimum atomic E-state index is -0.0768. The molecule has 6 nitrogen and oxygen atoms in total. The molecular formula is C18H23Cl2N5O. The van der Waals surface area contributed by atoms with Gasteiger partial charge in [-0.1, -0.05) is 34.5 Å². The van der Waals surface area contributed by atoms with E-state index in [1.165, 1.54) is 0 Å². The third-order valence-electron chi connectivity index (χ3n) is 4.46. The summed E-state index contributed by atoms with van der Waals surface area (Å²) >= 11 is 12.2. The smallest absolute Gasteiger partial charge is 0.255 e. The molecule has 26 heavy (non-hydrogen) atoms. The third-order valence-corrected chi connectivity index (χ3v) is 5.27. The molecule has 0 bridgehead atoms. The highest BCUT2D eigenvalue weighted by molar-refractivity contribution is 6.43. The van der Waals surface area contributed by atoms with Crippen molar-refractivity contribution in [2.24, 2.45) is 0 Å². The number of hydrogen-bond donors (Lipinski definition) is 0. The summed E-state index contributed by atoms with van der Waals surface area (Å²) in [6.07, 6.45) is 1.99. The van der Waals surface area contributed by atoms with Crippen LogP contribution in [-0.4, -0.2) is 56.9 Å². The number of nitrogens with zero attached hydrogens (tertiary/aromatic N) is 5. The quantitative estimate of drug-likeness (QED) is 0.799. The fourth-order valence-corrected chi connectivity index (χ4v) is 3.26. The van der Waals surface area contributed by atoms with Gasteiger partial charge in [0.25, 0.3) is 5.91 Å². The van der Waals surface area contributed by atoms with Crippen LogP contribution in [0, 0.1) is 0 Å². The zero-order chi connectivity index (χ0) is 18.9. The maximum atomic E-state index is 12.7. The molecule has 0 saturated carbocycles. The topological polar surface area (TPSA) is 54.3 Å². The van der Waals surface area contributed by atoms with Crippen molar-refractivity contribution in [3.63, 3.8) is 0 Å². The summed E-state index contributed by atoms with van der Waals surface area (Å²) in [4.78, 5) is 16.8.